The molecule has 9 heteroatoms. The van der Waals surface area contributed by atoms with Gasteiger partial charge in [0, 0.05) is 18.4 Å². The molecule has 2 N–H and O–H groups in total. The summed E-state index contributed by atoms with van der Waals surface area (Å²) in [6.07, 6.45) is 1.91. The van der Waals surface area contributed by atoms with Crippen LogP contribution in [0.4, 0.5) is 5.82 Å². The Bertz CT molecular complexity index is 1060. The first-order valence-corrected chi connectivity index (χ1v) is 10.1. The molecule has 1 fully saturated rings. The lowest BCUT2D eigenvalue weighted by Gasteiger charge is -2.16. The van der Waals surface area contributed by atoms with Crippen LogP contribution < -0.4 is 10.9 Å². The highest BCUT2D eigenvalue weighted by Crippen LogP contribution is 2.21. The van der Waals surface area contributed by atoms with Crippen molar-refractivity contribution >= 4 is 34.4 Å². The molecule has 3 aromatic rings. The summed E-state index contributed by atoms with van der Waals surface area (Å²) in [6.45, 7) is 3.02. The fourth-order valence-corrected chi connectivity index (χ4v) is 4.01. The number of ether oxygens (including phenoxy) is 1. The molecule has 2 aromatic heterocycles. The van der Waals surface area contributed by atoms with E-state index in [4.69, 9.17) is 4.74 Å². The number of hydrogen-bond acceptors (Lipinski definition) is 6. The molecule has 146 valence electrons. The number of rotatable bonds is 6. The number of benzene rings is 1. The average molecular weight is 399 g/mol. The van der Waals surface area contributed by atoms with E-state index in [1.807, 2.05) is 25.1 Å². The van der Waals surface area contributed by atoms with Gasteiger partial charge in [-0.15, -0.1) is 0 Å². The van der Waals surface area contributed by atoms with E-state index in [2.05, 4.69) is 20.5 Å². The summed E-state index contributed by atoms with van der Waals surface area (Å²) in [5, 5.41) is 10.6. The van der Waals surface area contributed by atoms with Crippen molar-refractivity contribution in [3.63, 3.8) is 0 Å². The van der Waals surface area contributed by atoms with Crippen molar-refractivity contribution in [3.05, 3.63) is 46.4 Å². The number of aromatic amines is 1. The SMILES string of the molecule is Cc1cc(NC(=O)CSc2nc3ccccc3c(=O)n2C[C@H]2CCCO2)n[nH]1. The first kappa shape index (κ1) is 18.7. The third-order valence-electron chi connectivity index (χ3n) is 4.54. The van der Waals surface area contributed by atoms with Crippen molar-refractivity contribution in [1.29, 1.82) is 0 Å². The fraction of sp³-hybridized carbons (Fsp3) is 0.368. The molecule has 0 aliphatic carbocycles. The van der Waals surface area contributed by atoms with Crippen molar-refractivity contribution in [1.82, 2.24) is 19.7 Å². The van der Waals surface area contributed by atoms with E-state index in [0.29, 0.717) is 35.0 Å². The Morgan fingerprint density at radius 2 is 2.29 bits per heavy atom. The van der Waals surface area contributed by atoms with Gasteiger partial charge in [-0.25, -0.2) is 4.98 Å². The van der Waals surface area contributed by atoms with Crippen molar-refractivity contribution in [2.24, 2.45) is 0 Å². The number of amides is 1. The molecule has 1 amide bonds. The predicted molar refractivity (Wildman–Crippen MR) is 108 cm³/mol. The maximum atomic E-state index is 13.0. The van der Waals surface area contributed by atoms with Crippen LogP contribution in [0.3, 0.4) is 0 Å². The number of nitrogens with one attached hydrogen (secondary N) is 2. The fourth-order valence-electron chi connectivity index (χ4n) is 3.20. The van der Waals surface area contributed by atoms with Gasteiger partial charge in [0.25, 0.3) is 5.56 Å². The number of hydrogen-bond donors (Lipinski definition) is 2. The first-order valence-electron chi connectivity index (χ1n) is 9.16. The summed E-state index contributed by atoms with van der Waals surface area (Å²) >= 11 is 1.24. The lowest BCUT2D eigenvalue weighted by molar-refractivity contribution is -0.113. The molecule has 0 spiro atoms. The first-order chi connectivity index (χ1) is 13.6. The summed E-state index contributed by atoms with van der Waals surface area (Å²) in [5.41, 5.74) is 1.39. The van der Waals surface area contributed by atoms with Crippen LogP contribution in [0.5, 0.6) is 0 Å². The van der Waals surface area contributed by atoms with Crippen molar-refractivity contribution in [2.75, 3.05) is 17.7 Å². The smallest absolute Gasteiger partial charge is 0.262 e. The maximum absolute atomic E-state index is 13.0. The van der Waals surface area contributed by atoms with E-state index < -0.39 is 0 Å². The summed E-state index contributed by atoms with van der Waals surface area (Å²) in [7, 11) is 0. The standard InChI is InChI=1S/C19H21N5O3S/c1-12-9-16(23-22-12)21-17(25)11-28-19-20-15-7-3-2-6-14(15)18(26)24(19)10-13-5-4-8-27-13/h2-3,6-7,9,13H,4-5,8,10-11H2,1H3,(H2,21,22,23,25)/t13-/m1/s1. The normalized spacial score (nSPS) is 16.5. The predicted octanol–water partition coefficient (Wildman–Crippen LogP) is 2.34. The molecule has 0 bridgehead atoms. The molecule has 0 saturated carbocycles. The molecule has 28 heavy (non-hydrogen) atoms. The second-order valence-corrected chi connectivity index (χ2v) is 7.68. The Morgan fingerprint density at radius 3 is 3.04 bits per heavy atom. The van der Waals surface area contributed by atoms with Crippen LogP contribution in [0.2, 0.25) is 0 Å². The quantitative estimate of drug-likeness (QED) is 0.487. The summed E-state index contributed by atoms with van der Waals surface area (Å²) in [4.78, 5) is 29.9. The van der Waals surface area contributed by atoms with Crippen LogP contribution in [0.1, 0.15) is 18.5 Å². The van der Waals surface area contributed by atoms with Gasteiger partial charge in [0.15, 0.2) is 11.0 Å². The molecular formula is C19H21N5O3S. The van der Waals surface area contributed by atoms with E-state index in [9.17, 15) is 9.59 Å². The number of para-hydroxylation sites is 1. The van der Waals surface area contributed by atoms with Gasteiger partial charge in [-0.2, -0.15) is 5.10 Å². The largest absolute Gasteiger partial charge is 0.376 e. The highest BCUT2D eigenvalue weighted by atomic mass is 32.2. The van der Waals surface area contributed by atoms with E-state index in [0.717, 1.165) is 18.5 Å². The van der Waals surface area contributed by atoms with E-state index in [-0.39, 0.29) is 23.3 Å². The van der Waals surface area contributed by atoms with E-state index >= 15 is 0 Å². The van der Waals surface area contributed by atoms with Gasteiger partial charge >= 0.3 is 0 Å². The van der Waals surface area contributed by atoms with Gasteiger partial charge < -0.3 is 10.1 Å². The lowest BCUT2D eigenvalue weighted by atomic mass is 10.2. The van der Waals surface area contributed by atoms with Gasteiger partial charge in [-0.3, -0.25) is 19.3 Å². The molecule has 1 atom stereocenters. The number of fused-ring (bicyclic) bond motifs is 1. The number of anilines is 1. The van der Waals surface area contributed by atoms with Gasteiger partial charge in [0.2, 0.25) is 5.91 Å². The Morgan fingerprint density at radius 1 is 1.43 bits per heavy atom. The molecule has 1 aliphatic heterocycles. The second kappa shape index (κ2) is 8.15. The Labute approximate surface area is 165 Å². The number of H-pyrrole nitrogens is 1. The van der Waals surface area contributed by atoms with Gasteiger partial charge in [0.05, 0.1) is 29.3 Å². The van der Waals surface area contributed by atoms with Crippen LogP contribution in [0, 0.1) is 6.92 Å². The van der Waals surface area contributed by atoms with Crippen LogP contribution in [-0.4, -0.2) is 44.1 Å². The number of aromatic nitrogens is 4. The molecular weight excluding hydrogens is 378 g/mol. The van der Waals surface area contributed by atoms with Crippen LogP contribution in [-0.2, 0) is 16.1 Å². The molecule has 4 rings (SSSR count). The van der Waals surface area contributed by atoms with Crippen molar-refractivity contribution < 1.29 is 9.53 Å². The summed E-state index contributed by atoms with van der Waals surface area (Å²) in [6, 6.07) is 9.01. The topological polar surface area (TPSA) is 102 Å². The van der Waals surface area contributed by atoms with Crippen LogP contribution in [0.15, 0.2) is 40.3 Å². The van der Waals surface area contributed by atoms with Crippen LogP contribution in [0.25, 0.3) is 10.9 Å². The molecule has 0 unspecified atom stereocenters. The van der Waals surface area contributed by atoms with Gasteiger partial charge in [-0.05, 0) is 31.9 Å². The van der Waals surface area contributed by atoms with Crippen molar-refractivity contribution in [3.8, 4) is 0 Å². The molecule has 8 nitrogen and oxygen atoms in total. The number of aryl methyl sites for hydroxylation is 1. The Balaban J connectivity index is 1.57. The second-order valence-electron chi connectivity index (χ2n) is 6.74. The zero-order valence-corrected chi connectivity index (χ0v) is 16.3. The minimum Gasteiger partial charge on any atom is -0.376 e. The third kappa shape index (κ3) is 4.10. The molecule has 0 radical (unpaired) electrons. The molecule has 1 aromatic carbocycles. The Hall–Kier alpha value is -2.65. The van der Waals surface area contributed by atoms with E-state index in [1.54, 1.807) is 16.7 Å². The van der Waals surface area contributed by atoms with Crippen molar-refractivity contribution in [2.45, 2.75) is 37.6 Å². The molecule has 3 heterocycles. The average Bonchev–Trinajstić information content (AvgIpc) is 3.34. The Kier molecular flexibility index (Phi) is 5.45. The lowest BCUT2D eigenvalue weighted by Crippen LogP contribution is -2.29. The molecule has 1 saturated heterocycles. The zero-order valence-electron chi connectivity index (χ0n) is 15.5. The zero-order chi connectivity index (χ0) is 19.5. The minimum absolute atomic E-state index is 0.000805. The van der Waals surface area contributed by atoms with Gasteiger partial charge in [0.1, 0.15) is 0 Å². The maximum Gasteiger partial charge on any atom is 0.262 e. The highest BCUT2D eigenvalue weighted by Gasteiger charge is 2.20. The number of thioether (sulfide) groups is 1. The number of carbonyl (C=O) groups excluding carboxylic acids is 1. The minimum atomic E-state index is -0.206. The van der Waals surface area contributed by atoms with Gasteiger partial charge in [-0.1, -0.05) is 23.9 Å². The van der Waals surface area contributed by atoms with E-state index in [1.165, 1.54) is 11.8 Å². The molecule has 1 aliphatic rings. The third-order valence-corrected chi connectivity index (χ3v) is 5.52. The number of carbonyl (C=O) groups is 1. The summed E-state index contributed by atoms with van der Waals surface area (Å²) in [5.74, 6) is 0.399. The monoisotopic (exact) mass is 399 g/mol. The highest BCUT2D eigenvalue weighted by molar-refractivity contribution is 7.99. The summed E-state index contributed by atoms with van der Waals surface area (Å²) < 4.78 is 7.33. The van der Waals surface area contributed by atoms with Crippen LogP contribution >= 0.6 is 11.8 Å². The number of nitrogens with zero attached hydrogens (tertiary/aromatic N) is 3.